The van der Waals surface area contributed by atoms with Gasteiger partial charge in [-0.3, -0.25) is 4.79 Å². The molecule has 0 amide bonds. The number of benzene rings is 4. The first-order valence-electron chi connectivity index (χ1n) is 28.7. The molecule has 1 spiro atoms. The quantitative estimate of drug-likeness (QED) is 0.0528. The third kappa shape index (κ3) is 10.0. The summed E-state index contributed by atoms with van der Waals surface area (Å²) >= 11 is 0. The molecule has 4 aromatic carbocycles. The maximum absolute atomic E-state index is 15.6. The molecule has 406 valence electrons. The predicted molar refractivity (Wildman–Crippen MR) is 295 cm³/mol. The Kier molecular flexibility index (Phi) is 15.8. The molecule has 11 nitrogen and oxygen atoms in total. The van der Waals surface area contributed by atoms with Crippen molar-refractivity contribution in [2.24, 2.45) is 17.8 Å². The molecule has 77 heavy (non-hydrogen) atoms. The van der Waals surface area contributed by atoms with Crippen LogP contribution in [-0.4, -0.2) is 65.9 Å². The second-order valence-electron chi connectivity index (χ2n) is 23.3. The van der Waals surface area contributed by atoms with Gasteiger partial charge in [0.25, 0.3) is 0 Å². The highest BCUT2D eigenvalue weighted by molar-refractivity contribution is 5.90. The molecule has 5 aromatic rings. The van der Waals surface area contributed by atoms with E-state index in [-0.39, 0.29) is 84.4 Å². The van der Waals surface area contributed by atoms with Crippen molar-refractivity contribution in [2.75, 3.05) is 26.9 Å². The Hall–Kier alpha value is -5.85. The number of carbonyl (C=O) groups excluding carboxylic acids is 2. The Bertz CT molecular complexity index is 3050. The van der Waals surface area contributed by atoms with Gasteiger partial charge in [-0.25, -0.2) is 9.59 Å². The van der Waals surface area contributed by atoms with Gasteiger partial charge in [-0.05, 0) is 134 Å². The zero-order chi connectivity index (χ0) is 53.3. The lowest BCUT2D eigenvalue weighted by Gasteiger charge is -2.56. The maximum Gasteiger partial charge on any atom is 0.340 e. The summed E-state index contributed by atoms with van der Waals surface area (Å²) in [6, 6.07) is 32.2. The number of ether oxygens (including phenoxy) is 4. The topological polar surface area (TPSA) is 162 Å². The van der Waals surface area contributed by atoms with Crippen molar-refractivity contribution in [1.29, 1.82) is 0 Å². The van der Waals surface area contributed by atoms with Crippen molar-refractivity contribution in [3.05, 3.63) is 169 Å². The van der Waals surface area contributed by atoms with Gasteiger partial charge < -0.3 is 38.7 Å². The number of esters is 2. The lowest BCUT2D eigenvalue weighted by molar-refractivity contribution is -0.216. The average Bonchev–Trinajstić information content (AvgIpc) is 3.62. The van der Waals surface area contributed by atoms with Crippen LogP contribution in [0.2, 0.25) is 0 Å². The van der Waals surface area contributed by atoms with E-state index in [9.17, 15) is 20.1 Å². The van der Waals surface area contributed by atoms with E-state index >= 15 is 9.59 Å². The molecular formula is C66H76O11. The first-order chi connectivity index (χ1) is 37.6. The van der Waals surface area contributed by atoms with E-state index in [4.69, 9.17) is 23.4 Å². The molecule has 4 aliphatic carbocycles. The van der Waals surface area contributed by atoms with Gasteiger partial charge in [-0.15, -0.1) is 0 Å². The number of aliphatic hydroxyl groups is 3. The number of aliphatic hydroxyl groups excluding tert-OH is 3. The van der Waals surface area contributed by atoms with Gasteiger partial charge in [0, 0.05) is 65.7 Å². The molecule has 3 N–H and O–H groups in total. The highest BCUT2D eigenvalue weighted by Crippen LogP contribution is 2.58. The lowest BCUT2D eigenvalue weighted by atomic mass is 9.59. The Morgan fingerprint density at radius 1 is 0.766 bits per heavy atom. The molecule has 7 aliphatic rings. The molecule has 3 saturated carbocycles. The largest absolute Gasteiger partial charge is 0.482 e. The van der Waals surface area contributed by atoms with Gasteiger partial charge in [0.2, 0.25) is 0 Å². The zero-order valence-electron chi connectivity index (χ0n) is 44.9. The number of methoxy groups -OCH3 is 1. The third-order valence-corrected chi connectivity index (χ3v) is 19.1. The SMILES string of the molecule is COC[C@@H](CCO)c1c(CO)c2ccc3c(c2oc1=O)[C@H]1OC(=O)C[C@@H]2C[C@@H](c4cccc(C5(c6ccccc6)CCCCC5)c4)C=C[C@H]2c2ccc(cc2)CC/C(=C(\C)CO)C(=O)O[C@@H]1[C@@]1(CCC[C@@H]2CCCC[C@@H]21)O3. The first kappa shape index (κ1) is 53.2. The van der Waals surface area contributed by atoms with Crippen molar-refractivity contribution in [3.63, 3.8) is 0 Å². The van der Waals surface area contributed by atoms with Crippen LogP contribution in [0.1, 0.15) is 178 Å². The summed E-state index contributed by atoms with van der Waals surface area (Å²) < 4.78 is 33.4. The van der Waals surface area contributed by atoms with Crippen LogP contribution >= 0.6 is 0 Å². The summed E-state index contributed by atoms with van der Waals surface area (Å²) in [7, 11) is 1.52. The van der Waals surface area contributed by atoms with E-state index in [1.54, 1.807) is 13.0 Å². The molecule has 2 bridgehead atoms. The van der Waals surface area contributed by atoms with Crippen LogP contribution < -0.4 is 10.4 Å². The Labute approximate surface area is 452 Å². The van der Waals surface area contributed by atoms with Crippen molar-refractivity contribution >= 4 is 22.9 Å². The number of rotatable bonds is 10. The zero-order valence-corrected chi connectivity index (χ0v) is 44.9. The number of aryl methyl sites for hydroxylation is 1. The fraction of sp³-hybridized carbons (Fsp3) is 0.500. The summed E-state index contributed by atoms with van der Waals surface area (Å²) in [4.78, 5) is 45.3. The Morgan fingerprint density at radius 3 is 2.31 bits per heavy atom. The molecule has 3 fully saturated rings. The molecule has 3 aliphatic heterocycles. The number of hydrogen-bond acceptors (Lipinski definition) is 11. The fourth-order valence-corrected chi connectivity index (χ4v) is 15.3. The second-order valence-corrected chi connectivity index (χ2v) is 23.3. The summed E-state index contributed by atoms with van der Waals surface area (Å²) in [5.41, 5.74) is 5.82. The molecule has 9 atom stereocenters. The summed E-state index contributed by atoms with van der Waals surface area (Å²) in [5.74, 6) is -1.36. The fourth-order valence-electron chi connectivity index (χ4n) is 15.3. The van der Waals surface area contributed by atoms with E-state index in [1.807, 2.05) is 6.07 Å². The molecule has 12 rings (SSSR count). The van der Waals surface area contributed by atoms with Gasteiger partial charge in [0.05, 0.1) is 25.4 Å². The smallest absolute Gasteiger partial charge is 0.340 e. The van der Waals surface area contributed by atoms with E-state index in [2.05, 4.69) is 91.0 Å². The molecule has 4 heterocycles. The second kappa shape index (κ2) is 22.9. The van der Waals surface area contributed by atoms with Crippen LogP contribution in [0.4, 0.5) is 0 Å². The molecule has 0 radical (unpaired) electrons. The van der Waals surface area contributed by atoms with Gasteiger partial charge in [0.1, 0.15) is 11.3 Å². The minimum absolute atomic E-state index is 0.0218. The van der Waals surface area contributed by atoms with Crippen LogP contribution in [0.3, 0.4) is 0 Å². The predicted octanol–water partition coefficient (Wildman–Crippen LogP) is 12.1. The molecular weight excluding hydrogens is 969 g/mol. The van der Waals surface area contributed by atoms with Crippen molar-refractivity contribution in [1.82, 2.24) is 0 Å². The number of allylic oxidation sites excluding steroid dienone is 2. The summed E-state index contributed by atoms with van der Waals surface area (Å²) in [6.45, 7) is 0.754. The highest BCUT2D eigenvalue weighted by atomic mass is 16.6. The summed E-state index contributed by atoms with van der Waals surface area (Å²) in [5, 5.41) is 32.3. The van der Waals surface area contributed by atoms with Crippen molar-refractivity contribution in [2.45, 2.75) is 164 Å². The van der Waals surface area contributed by atoms with E-state index < -0.39 is 47.9 Å². The minimum Gasteiger partial charge on any atom is -0.482 e. The van der Waals surface area contributed by atoms with Gasteiger partial charge in [0.15, 0.2) is 17.8 Å². The monoisotopic (exact) mass is 1040 g/mol. The highest BCUT2D eigenvalue weighted by Gasteiger charge is 2.62. The number of fused-ring (bicyclic) bond motifs is 13. The third-order valence-electron chi connectivity index (χ3n) is 19.1. The molecule has 0 unspecified atom stereocenters. The molecule has 0 saturated heterocycles. The van der Waals surface area contributed by atoms with Crippen LogP contribution in [0.25, 0.3) is 11.0 Å². The number of carbonyl (C=O) groups is 2. The van der Waals surface area contributed by atoms with Crippen LogP contribution in [0, 0.1) is 17.8 Å². The summed E-state index contributed by atoms with van der Waals surface area (Å²) in [6.07, 6.45) is 15.9. The average molecular weight is 1050 g/mol. The van der Waals surface area contributed by atoms with E-state index in [0.717, 1.165) is 62.5 Å². The van der Waals surface area contributed by atoms with Crippen molar-refractivity contribution < 1.29 is 48.3 Å². The van der Waals surface area contributed by atoms with Crippen LogP contribution in [-0.2, 0) is 42.2 Å². The molecule has 1 aromatic heterocycles. The Morgan fingerprint density at radius 2 is 1.55 bits per heavy atom. The maximum atomic E-state index is 15.6. The lowest BCUT2D eigenvalue weighted by Crippen LogP contribution is -2.63. The van der Waals surface area contributed by atoms with Crippen molar-refractivity contribution in [3.8, 4) is 5.75 Å². The van der Waals surface area contributed by atoms with Gasteiger partial charge in [-0.2, -0.15) is 0 Å². The van der Waals surface area contributed by atoms with Gasteiger partial charge in [-0.1, -0.05) is 130 Å². The normalized spacial score (nSPS) is 28.3. The standard InChI is InChI=1S/C66H76O11/c1-41(38-68)51-26-22-42-20-23-43(24-21-42)52-27-25-46(45-14-11-18-50(36-45)65(31-9-4-10-32-65)49-16-5-3-6-17-49)35-48(52)37-57(70)74-61-59-56(77-66(62(61)76-63(51)71)33-12-15-44-13-7-8-19-55(44)66)29-28-53-54(39-69)58(64(72)75-60(53)59)47(30-34-67)40-73-2/h3,5-6,11,14,16-18,20-21,23-25,27-29,36,44,46-48,52,55,61-62,67-69H,4,7-10,12-13,15,19,22,26,30-35,37-40H2,1-2H3/b51-41-/t44-,46-,47+,48-,52-,55-,61+,62-,66-/m0/s1. The van der Waals surface area contributed by atoms with E-state index in [0.29, 0.717) is 53.5 Å². The molecule has 11 heteroatoms. The number of hydrogen-bond donors (Lipinski definition) is 3. The first-order valence-corrected chi connectivity index (χ1v) is 28.7. The minimum atomic E-state index is -1.29. The van der Waals surface area contributed by atoms with Crippen LogP contribution in [0.15, 0.2) is 124 Å². The Balaban J connectivity index is 1.05. The van der Waals surface area contributed by atoms with E-state index in [1.165, 1.54) is 43.1 Å². The van der Waals surface area contributed by atoms with Gasteiger partial charge >= 0.3 is 17.6 Å². The van der Waals surface area contributed by atoms with Crippen LogP contribution in [0.5, 0.6) is 5.75 Å².